The number of ether oxygens (including phenoxy) is 1. The number of piperazine rings is 1. The van der Waals surface area contributed by atoms with Crippen LogP contribution < -0.4 is 0 Å². The maximum Gasteiger partial charge on any atom is 0.272 e. The number of para-hydroxylation sites is 1. The Morgan fingerprint density at radius 1 is 0.909 bits per heavy atom. The Bertz CT molecular complexity index is 1080. The number of carbonyl (C=O) groups is 2. The van der Waals surface area contributed by atoms with Crippen molar-refractivity contribution in [1.82, 2.24) is 24.5 Å². The van der Waals surface area contributed by atoms with E-state index in [2.05, 4.69) is 4.90 Å². The molecule has 2 aliphatic heterocycles. The molecule has 5 rings (SSSR count). The molecule has 2 aromatic heterocycles. The van der Waals surface area contributed by atoms with Crippen LogP contribution in [0.2, 0.25) is 0 Å². The summed E-state index contributed by atoms with van der Waals surface area (Å²) in [6.45, 7) is 5.49. The second kappa shape index (κ2) is 9.86. The molecule has 0 aliphatic carbocycles. The number of hydrogen-bond acceptors (Lipinski definition) is 6. The lowest BCUT2D eigenvalue weighted by Crippen LogP contribution is -2.53. The van der Waals surface area contributed by atoms with E-state index in [0.717, 1.165) is 29.3 Å². The first-order valence-electron chi connectivity index (χ1n) is 11.3. The predicted octanol–water partition coefficient (Wildman–Crippen LogP) is 2.22. The number of morpholine rings is 1. The molecule has 9 heteroatoms. The second-order valence-corrected chi connectivity index (χ2v) is 9.15. The lowest BCUT2D eigenvalue weighted by molar-refractivity contribution is -0.134. The van der Waals surface area contributed by atoms with Gasteiger partial charge in [-0.15, -0.1) is 11.3 Å². The van der Waals surface area contributed by atoms with Crippen LogP contribution in [0.25, 0.3) is 16.3 Å². The van der Waals surface area contributed by atoms with Crippen molar-refractivity contribution >= 4 is 23.2 Å². The highest BCUT2D eigenvalue weighted by Gasteiger charge is 2.28. The van der Waals surface area contributed by atoms with Gasteiger partial charge in [-0.3, -0.25) is 14.5 Å². The molecule has 0 radical (unpaired) electrons. The molecule has 0 saturated carbocycles. The Kier molecular flexibility index (Phi) is 6.52. The number of hydrogen-bond donors (Lipinski definition) is 0. The van der Waals surface area contributed by atoms with E-state index >= 15 is 0 Å². The minimum atomic E-state index is -0.0607. The van der Waals surface area contributed by atoms with Crippen molar-refractivity contribution in [2.45, 2.75) is 0 Å². The lowest BCUT2D eigenvalue weighted by atomic mass is 10.2. The maximum absolute atomic E-state index is 13.5. The summed E-state index contributed by atoms with van der Waals surface area (Å²) >= 11 is 1.60. The van der Waals surface area contributed by atoms with E-state index in [1.807, 2.05) is 63.7 Å². The van der Waals surface area contributed by atoms with Crippen molar-refractivity contribution in [3.63, 3.8) is 0 Å². The average Bonchev–Trinajstić information content (AvgIpc) is 3.55. The van der Waals surface area contributed by atoms with Crippen LogP contribution in [0.4, 0.5) is 0 Å². The number of benzene rings is 1. The largest absolute Gasteiger partial charge is 0.379 e. The predicted molar refractivity (Wildman–Crippen MR) is 127 cm³/mol. The Morgan fingerprint density at radius 2 is 1.64 bits per heavy atom. The van der Waals surface area contributed by atoms with Gasteiger partial charge in [-0.1, -0.05) is 24.3 Å². The smallest absolute Gasteiger partial charge is 0.272 e. The molecule has 4 heterocycles. The van der Waals surface area contributed by atoms with E-state index in [4.69, 9.17) is 9.84 Å². The molecule has 3 aromatic rings. The van der Waals surface area contributed by atoms with E-state index in [0.29, 0.717) is 51.6 Å². The molecule has 2 fully saturated rings. The van der Waals surface area contributed by atoms with Crippen LogP contribution in [-0.4, -0.2) is 95.3 Å². The van der Waals surface area contributed by atoms with E-state index in [-0.39, 0.29) is 11.8 Å². The summed E-state index contributed by atoms with van der Waals surface area (Å²) in [5.74, 6) is 0.0627. The molecule has 0 unspecified atom stereocenters. The van der Waals surface area contributed by atoms with Crippen molar-refractivity contribution < 1.29 is 14.3 Å². The number of amides is 2. The van der Waals surface area contributed by atoms with Gasteiger partial charge in [0.15, 0.2) is 0 Å². The summed E-state index contributed by atoms with van der Waals surface area (Å²) < 4.78 is 7.09. The van der Waals surface area contributed by atoms with Gasteiger partial charge in [0.1, 0.15) is 11.4 Å². The molecule has 172 valence electrons. The highest BCUT2D eigenvalue weighted by molar-refractivity contribution is 7.13. The highest BCUT2D eigenvalue weighted by Crippen LogP contribution is 2.26. The fourth-order valence-electron chi connectivity index (χ4n) is 4.22. The van der Waals surface area contributed by atoms with Gasteiger partial charge < -0.3 is 14.5 Å². The fraction of sp³-hybridized carbons (Fsp3) is 0.375. The topological polar surface area (TPSA) is 70.9 Å². The van der Waals surface area contributed by atoms with Gasteiger partial charge in [0, 0.05) is 39.3 Å². The van der Waals surface area contributed by atoms with Crippen molar-refractivity contribution in [2.24, 2.45) is 0 Å². The van der Waals surface area contributed by atoms with Crippen LogP contribution in [0.15, 0.2) is 53.9 Å². The van der Waals surface area contributed by atoms with E-state index in [1.54, 1.807) is 16.0 Å². The van der Waals surface area contributed by atoms with Crippen LogP contribution in [0.3, 0.4) is 0 Å². The van der Waals surface area contributed by atoms with Gasteiger partial charge in [0.05, 0.1) is 30.3 Å². The average molecular weight is 466 g/mol. The third-order valence-corrected chi connectivity index (χ3v) is 6.98. The number of aromatic nitrogens is 2. The quantitative estimate of drug-likeness (QED) is 0.578. The minimum Gasteiger partial charge on any atom is -0.379 e. The van der Waals surface area contributed by atoms with E-state index in [9.17, 15) is 9.59 Å². The molecular formula is C24H27N5O3S. The number of carbonyl (C=O) groups excluding carboxylic acids is 2. The summed E-state index contributed by atoms with van der Waals surface area (Å²) in [5.41, 5.74) is 2.18. The van der Waals surface area contributed by atoms with Gasteiger partial charge in [-0.2, -0.15) is 5.10 Å². The first kappa shape index (κ1) is 21.8. The Morgan fingerprint density at radius 3 is 2.33 bits per heavy atom. The van der Waals surface area contributed by atoms with Crippen LogP contribution in [-0.2, 0) is 9.53 Å². The normalized spacial score (nSPS) is 17.3. The number of nitrogens with zero attached hydrogens (tertiary/aromatic N) is 5. The first-order valence-corrected chi connectivity index (χ1v) is 12.1. The van der Waals surface area contributed by atoms with Gasteiger partial charge in [-0.05, 0) is 29.6 Å². The minimum absolute atomic E-state index is 0.0607. The summed E-state index contributed by atoms with van der Waals surface area (Å²) in [4.78, 5) is 33.1. The second-order valence-electron chi connectivity index (χ2n) is 8.20. The first-order chi connectivity index (χ1) is 16.2. The molecule has 0 atom stereocenters. The molecule has 0 bridgehead atoms. The Balaban J connectivity index is 1.29. The molecule has 2 amide bonds. The third-order valence-electron chi connectivity index (χ3n) is 6.09. The molecule has 0 spiro atoms. The van der Waals surface area contributed by atoms with Gasteiger partial charge >= 0.3 is 0 Å². The third kappa shape index (κ3) is 4.85. The van der Waals surface area contributed by atoms with Crippen molar-refractivity contribution in [1.29, 1.82) is 0 Å². The van der Waals surface area contributed by atoms with Crippen LogP contribution >= 0.6 is 11.3 Å². The van der Waals surface area contributed by atoms with Gasteiger partial charge in [0.2, 0.25) is 5.91 Å². The molecule has 2 saturated heterocycles. The number of rotatable bonds is 5. The van der Waals surface area contributed by atoms with Crippen LogP contribution in [0.5, 0.6) is 0 Å². The SMILES string of the molecule is O=C(CN1CCOCC1)N1CCN(C(=O)c2cc(-c3cccs3)nn2-c2ccccc2)CC1. The van der Waals surface area contributed by atoms with Crippen molar-refractivity contribution in [2.75, 3.05) is 59.0 Å². The monoisotopic (exact) mass is 465 g/mol. The summed E-state index contributed by atoms with van der Waals surface area (Å²) in [5, 5.41) is 6.75. The van der Waals surface area contributed by atoms with Gasteiger partial charge in [-0.25, -0.2) is 4.68 Å². The van der Waals surface area contributed by atoms with Crippen LogP contribution in [0, 0.1) is 0 Å². The highest BCUT2D eigenvalue weighted by atomic mass is 32.1. The Labute approximate surface area is 197 Å². The molecule has 33 heavy (non-hydrogen) atoms. The molecule has 0 N–H and O–H groups in total. The molecule has 8 nitrogen and oxygen atoms in total. The zero-order valence-electron chi connectivity index (χ0n) is 18.4. The Hall–Kier alpha value is -3.01. The van der Waals surface area contributed by atoms with Crippen LogP contribution in [0.1, 0.15) is 10.5 Å². The zero-order valence-corrected chi connectivity index (χ0v) is 19.2. The van der Waals surface area contributed by atoms with Crippen molar-refractivity contribution in [3.8, 4) is 16.3 Å². The van der Waals surface area contributed by atoms with Gasteiger partial charge in [0.25, 0.3) is 5.91 Å². The molecular weight excluding hydrogens is 438 g/mol. The standard InChI is InChI=1S/C24H27N5O3S/c30-23(18-26-12-14-32-15-13-26)27-8-10-28(11-9-27)24(31)21-17-20(22-7-4-16-33-22)25-29(21)19-5-2-1-3-6-19/h1-7,16-17H,8-15,18H2. The molecule has 2 aliphatic rings. The fourth-order valence-corrected chi connectivity index (χ4v) is 4.90. The van der Waals surface area contributed by atoms with E-state index in [1.165, 1.54) is 0 Å². The maximum atomic E-state index is 13.5. The summed E-state index contributed by atoms with van der Waals surface area (Å²) in [7, 11) is 0. The number of thiophene rings is 1. The van der Waals surface area contributed by atoms with E-state index < -0.39 is 0 Å². The molecule has 1 aromatic carbocycles. The summed E-state index contributed by atoms with van der Waals surface area (Å²) in [6, 6.07) is 15.6. The zero-order chi connectivity index (χ0) is 22.6. The van der Waals surface area contributed by atoms with Crippen molar-refractivity contribution in [3.05, 3.63) is 59.6 Å². The summed E-state index contributed by atoms with van der Waals surface area (Å²) in [6.07, 6.45) is 0. The lowest BCUT2D eigenvalue weighted by Gasteiger charge is -2.36.